The molecule has 1 aromatic rings. The molecular formula is C9H7BrCl2N2S. The van der Waals surface area contributed by atoms with Crippen molar-refractivity contribution in [3.63, 3.8) is 0 Å². The highest BCUT2D eigenvalue weighted by Gasteiger charge is 1.99. The van der Waals surface area contributed by atoms with Crippen LogP contribution in [0, 0.1) is 0 Å². The van der Waals surface area contributed by atoms with Crippen LogP contribution in [0.3, 0.4) is 0 Å². The third kappa shape index (κ3) is 4.84. The van der Waals surface area contributed by atoms with Crippen molar-refractivity contribution in [3.05, 3.63) is 39.4 Å². The van der Waals surface area contributed by atoms with Gasteiger partial charge in [-0.3, -0.25) is 0 Å². The Morgan fingerprint density at radius 2 is 1.87 bits per heavy atom. The Balaban J connectivity index is 2.68. The van der Waals surface area contributed by atoms with E-state index in [9.17, 15) is 0 Å². The Bertz CT molecular complexity index is 375. The van der Waals surface area contributed by atoms with E-state index in [1.54, 1.807) is 29.4 Å². The third-order valence-electron chi connectivity index (χ3n) is 1.40. The molecule has 0 aromatic heterocycles. The van der Waals surface area contributed by atoms with E-state index in [4.69, 9.17) is 35.4 Å². The van der Waals surface area contributed by atoms with Crippen LogP contribution < -0.4 is 10.6 Å². The van der Waals surface area contributed by atoms with Crippen LogP contribution >= 0.6 is 51.3 Å². The standard InChI is InChI=1S/C9H7BrCl2N2S/c10-1-2-13-9(15)14-8-4-6(11)3-7(12)5-8/h1-5H,(H2,13,14,15)/b2-1+. The minimum atomic E-state index is 0.462. The number of benzene rings is 1. The molecule has 2 nitrogen and oxygen atoms in total. The van der Waals surface area contributed by atoms with Gasteiger partial charge in [-0.25, -0.2) is 0 Å². The monoisotopic (exact) mass is 324 g/mol. The molecule has 0 bridgehead atoms. The van der Waals surface area contributed by atoms with Crippen LogP contribution in [-0.4, -0.2) is 5.11 Å². The molecule has 0 aliphatic heterocycles. The third-order valence-corrected chi connectivity index (χ3v) is 2.32. The first kappa shape index (κ1) is 12.8. The fourth-order valence-electron chi connectivity index (χ4n) is 0.900. The minimum Gasteiger partial charge on any atom is -0.339 e. The van der Waals surface area contributed by atoms with Gasteiger partial charge in [0.05, 0.1) is 0 Å². The van der Waals surface area contributed by atoms with Crippen LogP contribution in [0.1, 0.15) is 0 Å². The van der Waals surface area contributed by atoms with Crippen molar-refractivity contribution in [1.82, 2.24) is 5.32 Å². The minimum absolute atomic E-state index is 0.462. The van der Waals surface area contributed by atoms with E-state index in [0.717, 1.165) is 5.69 Å². The van der Waals surface area contributed by atoms with Crippen molar-refractivity contribution in [2.24, 2.45) is 0 Å². The number of halogens is 3. The van der Waals surface area contributed by atoms with Gasteiger partial charge in [0.25, 0.3) is 0 Å². The van der Waals surface area contributed by atoms with Gasteiger partial charge in [0, 0.05) is 21.9 Å². The van der Waals surface area contributed by atoms with Crippen LogP contribution in [0.15, 0.2) is 29.4 Å². The van der Waals surface area contributed by atoms with Crippen molar-refractivity contribution < 1.29 is 0 Å². The molecule has 1 aromatic carbocycles. The second kappa shape index (κ2) is 6.33. The molecule has 2 N–H and O–H groups in total. The summed E-state index contributed by atoms with van der Waals surface area (Å²) in [5.41, 5.74) is 0.743. The Morgan fingerprint density at radius 3 is 2.40 bits per heavy atom. The predicted molar refractivity (Wildman–Crippen MR) is 73.9 cm³/mol. The highest BCUT2D eigenvalue weighted by molar-refractivity contribution is 9.11. The highest BCUT2D eigenvalue weighted by Crippen LogP contribution is 2.22. The Morgan fingerprint density at radius 1 is 1.27 bits per heavy atom. The first-order valence-corrected chi connectivity index (χ1v) is 5.98. The van der Waals surface area contributed by atoms with Crippen LogP contribution in [0.25, 0.3) is 0 Å². The van der Waals surface area contributed by atoms with Gasteiger partial charge in [0.1, 0.15) is 0 Å². The van der Waals surface area contributed by atoms with Crippen LogP contribution in [0.2, 0.25) is 10.0 Å². The lowest BCUT2D eigenvalue weighted by Crippen LogP contribution is -2.23. The molecule has 0 radical (unpaired) electrons. The van der Waals surface area contributed by atoms with Crippen molar-refractivity contribution >= 4 is 62.1 Å². The second-order valence-corrected chi connectivity index (χ2v) is 4.36. The van der Waals surface area contributed by atoms with Crippen LogP contribution in [-0.2, 0) is 0 Å². The van der Waals surface area contributed by atoms with E-state index in [1.807, 2.05) is 0 Å². The molecule has 0 spiro atoms. The lowest BCUT2D eigenvalue weighted by molar-refractivity contribution is 1.30. The molecule has 0 aliphatic rings. The number of hydrogen-bond acceptors (Lipinski definition) is 1. The summed E-state index contributed by atoms with van der Waals surface area (Å²) in [7, 11) is 0. The van der Waals surface area contributed by atoms with Crippen molar-refractivity contribution in [2.45, 2.75) is 0 Å². The quantitative estimate of drug-likeness (QED) is 0.799. The summed E-state index contributed by atoms with van der Waals surface area (Å²) >= 11 is 19.8. The lowest BCUT2D eigenvalue weighted by atomic mass is 10.3. The van der Waals surface area contributed by atoms with Gasteiger partial charge in [0.2, 0.25) is 0 Å². The summed E-state index contributed by atoms with van der Waals surface area (Å²) in [5, 5.41) is 7.34. The fourth-order valence-corrected chi connectivity index (χ4v) is 1.74. The summed E-state index contributed by atoms with van der Waals surface area (Å²) in [5.74, 6) is 0. The summed E-state index contributed by atoms with van der Waals surface area (Å²) in [6.07, 6.45) is 1.65. The molecule has 0 heterocycles. The van der Waals surface area contributed by atoms with E-state index >= 15 is 0 Å². The van der Waals surface area contributed by atoms with E-state index in [0.29, 0.717) is 15.2 Å². The van der Waals surface area contributed by atoms with Gasteiger partial charge in [0.15, 0.2) is 5.11 Å². The molecule has 1 rings (SSSR count). The number of thiocarbonyl (C=S) groups is 1. The molecule has 0 fully saturated rings. The predicted octanol–water partition coefficient (Wildman–Crippen LogP) is 4.15. The highest BCUT2D eigenvalue weighted by atomic mass is 79.9. The Hall–Kier alpha value is -0.290. The van der Waals surface area contributed by atoms with Crippen LogP contribution in [0.5, 0.6) is 0 Å². The first-order chi connectivity index (χ1) is 7.11. The normalized spacial score (nSPS) is 10.3. The van der Waals surface area contributed by atoms with Gasteiger partial charge in [-0.2, -0.15) is 0 Å². The number of anilines is 1. The zero-order chi connectivity index (χ0) is 11.3. The second-order valence-electron chi connectivity index (χ2n) is 2.55. The lowest BCUT2D eigenvalue weighted by Gasteiger charge is -2.07. The number of hydrogen-bond donors (Lipinski definition) is 2. The van der Waals surface area contributed by atoms with Gasteiger partial charge in [-0.1, -0.05) is 39.1 Å². The molecule has 15 heavy (non-hydrogen) atoms. The average Bonchev–Trinajstić information content (AvgIpc) is 2.13. The van der Waals surface area contributed by atoms with Crippen molar-refractivity contribution in [3.8, 4) is 0 Å². The maximum atomic E-state index is 5.83. The first-order valence-electron chi connectivity index (χ1n) is 3.90. The average molecular weight is 326 g/mol. The molecule has 0 atom stereocenters. The summed E-state index contributed by atoms with van der Waals surface area (Å²) in [6, 6.07) is 5.13. The zero-order valence-corrected chi connectivity index (χ0v) is 11.3. The fraction of sp³-hybridized carbons (Fsp3) is 0. The molecule has 0 amide bonds. The van der Waals surface area contributed by atoms with Crippen LogP contribution in [0.4, 0.5) is 5.69 Å². The molecule has 80 valence electrons. The Kier molecular flexibility index (Phi) is 5.39. The van der Waals surface area contributed by atoms with E-state index in [1.165, 1.54) is 0 Å². The van der Waals surface area contributed by atoms with Crippen molar-refractivity contribution in [1.29, 1.82) is 0 Å². The number of rotatable bonds is 2. The maximum Gasteiger partial charge on any atom is 0.174 e. The van der Waals surface area contributed by atoms with Gasteiger partial charge in [-0.05, 0) is 35.4 Å². The summed E-state index contributed by atoms with van der Waals surface area (Å²) in [6.45, 7) is 0. The van der Waals surface area contributed by atoms with Gasteiger partial charge >= 0.3 is 0 Å². The zero-order valence-electron chi connectivity index (χ0n) is 7.43. The van der Waals surface area contributed by atoms with E-state index in [-0.39, 0.29) is 0 Å². The van der Waals surface area contributed by atoms with Gasteiger partial charge in [-0.15, -0.1) is 0 Å². The topological polar surface area (TPSA) is 24.1 Å². The summed E-state index contributed by atoms with van der Waals surface area (Å²) < 4.78 is 0. The molecule has 0 saturated carbocycles. The SMILES string of the molecule is S=C(N/C=C/Br)Nc1cc(Cl)cc(Cl)c1. The number of nitrogens with one attached hydrogen (secondary N) is 2. The van der Waals surface area contributed by atoms with Crippen molar-refractivity contribution in [2.75, 3.05) is 5.32 Å². The van der Waals surface area contributed by atoms with E-state index in [2.05, 4.69) is 26.6 Å². The molecule has 0 unspecified atom stereocenters. The molecular weight excluding hydrogens is 319 g/mol. The van der Waals surface area contributed by atoms with Gasteiger partial charge < -0.3 is 10.6 Å². The van der Waals surface area contributed by atoms with E-state index < -0.39 is 0 Å². The molecule has 0 saturated heterocycles. The molecule has 6 heteroatoms. The molecule has 0 aliphatic carbocycles. The summed E-state index contributed by atoms with van der Waals surface area (Å²) in [4.78, 5) is 1.66. The smallest absolute Gasteiger partial charge is 0.174 e. The Labute approximate surface area is 112 Å². The maximum absolute atomic E-state index is 5.83. The largest absolute Gasteiger partial charge is 0.339 e.